The van der Waals surface area contributed by atoms with Gasteiger partial charge in [-0.25, -0.2) is 0 Å². The highest BCUT2D eigenvalue weighted by atomic mass is 16.2. The molecule has 3 amide bonds. The molecule has 156 valence electrons. The van der Waals surface area contributed by atoms with Crippen molar-refractivity contribution in [2.45, 2.75) is 25.8 Å². The monoisotopic (exact) mass is 406 g/mol. The lowest BCUT2D eigenvalue weighted by atomic mass is 9.94. The first kappa shape index (κ1) is 20.1. The van der Waals surface area contributed by atoms with Crippen molar-refractivity contribution in [3.8, 4) is 0 Å². The Bertz CT molecular complexity index is 895. The zero-order chi connectivity index (χ0) is 20.9. The van der Waals surface area contributed by atoms with Gasteiger partial charge in [0.2, 0.25) is 17.7 Å². The van der Waals surface area contributed by atoms with Crippen molar-refractivity contribution in [2.75, 3.05) is 25.0 Å². The number of piperidine rings is 1. The number of anilines is 1. The first-order chi connectivity index (χ1) is 14.6. The van der Waals surface area contributed by atoms with E-state index in [9.17, 15) is 14.4 Å². The number of pyridine rings is 1. The summed E-state index contributed by atoms with van der Waals surface area (Å²) in [6.45, 7) is 1.97. The van der Waals surface area contributed by atoms with Crippen LogP contribution in [0.25, 0.3) is 0 Å². The molecule has 2 aliphatic heterocycles. The minimum Gasteiger partial charge on any atom is -0.342 e. The van der Waals surface area contributed by atoms with Crippen molar-refractivity contribution in [3.63, 3.8) is 0 Å². The van der Waals surface area contributed by atoms with Crippen LogP contribution in [0.1, 0.15) is 25.0 Å². The lowest BCUT2D eigenvalue weighted by molar-refractivity contribution is -0.138. The van der Waals surface area contributed by atoms with E-state index < -0.39 is 0 Å². The summed E-state index contributed by atoms with van der Waals surface area (Å²) in [6, 6.07) is 15.0. The third-order valence-corrected chi connectivity index (χ3v) is 5.86. The van der Waals surface area contributed by atoms with Gasteiger partial charge >= 0.3 is 0 Å². The maximum atomic E-state index is 12.9. The van der Waals surface area contributed by atoms with Gasteiger partial charge in [0.15, 0.2) is 0 Å². The van der Waals surface area contributed by atoms with E-state index in [0.717, 1.165) is 11.4 Å². The summed E-state index contributed by atoms with van der Waals surface area (Å²) in [7, 11) is 0. The highest BCUT2D eigenvalue weighted by Crippen LogP contribution is 2.25. The van der Waals surface area contributed by atoms with Crippen molar-refractivity contribution in [1.29, 1.82) is 0 Å². The Labute approximate surface area is 176 Å². The number of nitrogens with zero attached hydrogens (tertiary/aromatic N) is 3. The minimum atomic E-state index is -0.309. The van der Waals surface area contributed by atoms with Gasteiger partial charge in [-0.05, 0) is 37.1 Å². The van der Waals surface area contributed by atoms with E-state index in [1.54, 1.807) is 11.1 Å². The molecule has 1 atom stereocenters. The number of hydrogen-bond donors (Lipinski definition) is 1. The molecule has 2 aromatic rings. The number of carbonyl (C=O) groups is 3. The maximum absolute atomic E-state index is 12.9. The number of amides is 3. The first-order valence-electron chi connectivity index (χ1n) is 10.4. The molecule has 2 fully saturated rings. The number of nitrogens with one attached hydrogen (secondary N) is 1. The summed E-state index contributed by atoms with van der Waals surface area (Å²) in [5.74, 6) is -0.383. The lowest BCUT2D eigenvalue weighted by Crippen LogP contribution is -2.44. The second-order valence-corrected chi connectivity index (χ2v) is 7.95. The van der Waals surface area contributed by atoms with Crippen LogP contribution in [0.3, 0.4) is 0 Å². The van der Waals surface area contributed by atoms with Gasteiger partial charge in [0, 0.05) is 43.9 Å². The topological polar surface area (TPSA) is 82.6 Å². The van der Waals surface area contributed by atoms with Crippen LogP contribution in [0.5, 0.6) is 0 Å². The molecule has 0 aliphatic carbocycles. The Balaban J connectivity index is 1.27. The van der Waals surface area contributed by atoms with Gasteiger partial charge in [-0.3, -0.25) is 19.4 Å². The largest absolute Gasteiger partial charge is 0.342 e. The Morgan fingerprint density at radius 3 is 2.43 bits per heavy atom. The number of likely N-dealkylation sites (tertiary alicyclic amines) is 2. The van der Waals surface area contributed by atoms with Crippen LogP contribution in [0.4, 0.5) is 5.69 Å². The molecule has 7 nitrogen and oxygen atoms in total. The Kier molecular flexibility index (Phi) is 6.07. The molecule has 0 bridgehead atoms. The number of carbonyl (C=O) groups excluding carboxylic acids is 3. The van der Waals surface area contributed by atoms with E-state index in [0.29, 0.717) is 39.0 Å². The highest BCUT2D eigenvalue weighted by Gasteiger charge is 2.38. The van der Waals surface area contributed by atoms with E-state index in [1.165, 1.54) is 0 Å². The fourth-order valence-corrected chi connectivity index (χ4v) is 4.16. The van der Waals surface area contributed by atoms with Crippen molar-refractivity contribution in [2.24, 2.45) is 11.8 Å². The molecule has 4 rings (SSSR count). The van der Waals surface area contributed by atoms with Gasteiger partial charge < -0.3 is 15.1 Å². The Morgan fingerprint density at radius 1 is 1.00 bits per heavy atom. The van der Waals surface area contributed by atoms with Crippen LogP contribution in [0.2, 0.25) is 0 Å². The van der Waals surface area contributed by atoms with E-state index in [2.05, 4.69) is 10.3 Å². The molecular weight excluding hydrogens is 380 g/mol. The summed E-state index contributed by atoms with van der Waals surface area (Å²) in [6.07, 6.45) is 3.24. The van der Waals surface area contributed by atoms with Gasteiger partial charge in [-0.15, -0.1) is 0 Å². The number of para-hydroxylation sites is 1. The molecule has 0 saturated carbocycles. The summed E-state index contributed by atoms with van der Waals surface area (Å²) in [5.41, 5.74) is 1.61. The third-order valence-electron chi connectivity index (χ3n) is 5.86. The molecule has 0 spiro atoms. The summed E-state index contributed by atoms with van der Waals surface area (Å²) < 4.78 is 0. The molecule has 7 heteroatoms. The Morgan fingerprint density at radius 2 is 1.73 bits per heavy atom. The third kappa shape index (κ3) is 4.67. The summed E-state index contributed by atoms with van der Waals surface area (Å²) in [4.78, 5) is 45.6. The molecule has 1 N–H and O–H groups in total. The Hall–Kier alpha value is -3.22. The average Bonchev–Trinajstić information content (AvgIpc) is 3.15. The molecule has 3 heterocycles. The predicted octanol–water partition coefficient (Wildman–Crippen LogP) is 2.31. The average molecular weight is 406 g/mol. The SMILES string of the molecule is O=C(Nc1ccccc1)C1CCN(C(=O)C2CC(=O)N(Cc3ccccn3)C2)CC1. The molecule has 1 aromatic carbocycles. The van der Waals surface area contributed by atoms with Crippen molar-refractivity contribution in [3.05, 3.63) is 60.4 Å². The van der Waals surface area contributed by atoms with Gasteiger partial charge in [-0.2, -0.15) is 0 Å². The van der Waals surface area contributed by atoms with E-state index in [-0.39, 0.29) is 36.0 Å². The first-order valence-corrected chi connectivity index (χ1v) is 10.4. The van der Waals surface area contributed by atoms with Gasteiger partial charge in [0.05, 0.1) is 18.2 Å². The van der Waals surface area contributed by atoms with Crippen LogP contribution >= 0.6 is 0 Å². The molecular formula is C23H26N4O3. The van der Waals surface area contributed by atoms with E-state index in [1.807, 2.05) is 53.4 Å². The zero-order valence-corrected chi connectivity index (χ0v) is 16.9. The van der Waals surface area contributed by atoms with Crippen LogP contribution in [-0.2, 0) is 20.9 Å². The zero-order valence-electron chi connectivity index (χ0n) is 16.9. The smallest absolute Gasteiger partial charge is 0.227 e. The maximum Gasteiger partial charge on any atom is 0.227 e. The van der Waals surface area contributed by atoms with Gasteiger partial charge in [0.25, 0.3) is 0 Å². The quantitative estimate of drug-likeness (QED) is 0.826. The molecule has 2 aliphatic rings. The molecule has 1 unspecified atom stereocenters. The second kappa shape index (κ2) is 9.07. The molecule has 2 saturated heterocycles. The fraction of sp³-hybridized carbons (Fsp3) is 0.391. The summed E-state index contributed by atoms with van der Waals surface area (Å²) >= 11 is 0. The van der Waals surface area contributed by atoms with Crippen LogP contribution < -0.4 is 5.32 Å². The number of rotatable bonds is 5. The summed E-state index contributed by atoms with van der Waals surface area (Å²) in [5, 5.41) is 2.95. The number of hydrogen-bond acceptors (Lipinski definition) is 4. The predicted molar refractivity (Wildman–Crippen MR) is 112 cm³/mol. The number of benzene rings is 1. The molecule has 0 radical (unpaired) electrons. The standard InChI is InChI=1S/C23H26N4O3/c28-21-14-18(15-27(21)16-20-8-4-5-11-24-20)23(30)26-12-9-17(10-13-26)22(29)25-19-6-2-1-3-7-19/h1-8,11,17-18H,9-10,12-16H2,(H,25,29). The van der Waals surface area contributed by atoms with Crippen molar-refractivity contribution in [1.82, 2.24) is 14.8 Å². The minimum absolute atomic E-state index is 0.00359. The lowest BCUT2D eigenvalue weighted by Gasteiger charge is -2.33. The normalized spacial score (nSPS) is 19.7. The second-order valence-electron chi connectivity index (χ2n) is 7.95. The van der Waals surface area contributed by atoms with Gasteiger partial charge in [-0.1, -0.05) is 24.3 Å². The van der Waals surface area contributed by atoms with Crippen LogP contribution in [0.15, 0.2) is 54.7 Å². The van der Waals surface area contributed by atoms with Crippen LogP contribution in [0, 0.1) is 11.8 Å². The van der Waals surface area contributed by atoms with E-state index in [4.69, 9.17) is 0 Å². The fourth-order valence-electron chi connectivity index (χ4n) is 4.16. The highest BCUT2D eigenvalue weighted by molar-refractivity contribution is 5.93. The molecule has 30 heavy (non-hydrogen) atoms. The molecule has 1 aromatic heterocycles. The van der Waals surface area contributed by atoms with E-state index >= 15 is 0 Å². The van der Waals surface area contributed by atoms with Gasteiger partial charge in [0.1, 0.15) is 0 Å². The van der Waals surface area contributed by atoms with Crippen molar-refractivity contribution >= 4 is 23.4 Å². The van der Waals surface area contributed by atoms with Crippen molar-refractivity contribution < 1.29 is 14.4 Å². The van der Waals surface area contributed by atoms with Crippen LogP contribution in [-0.4, -0.2) is 52.1 Å². The number of aromatic nitrogens is 1.